The van der Waals surface area contributed by atoms with Gasteiger partial charge in [-0.25, -0.2) is 0 Å². The van der Waals surface area contributed by atoms with Crippen LogP contribution in [0.4, 0.5) is 0 Å². The summed E-state index contributed by atoms with van der Waals surface area (Å²) in [5, 5.41) is 0. The minimum Gasteiger partial charge on any atom is -0.500 e. The molecule has 1 aliphatic heterocycles. The normalized spacial score (nSPS) is 17.0. The third kappa shape index (κ3) is 5.75. The summed E-state index contributed by atoms with van der Waals surface area (Å²) in [5.74, 6) is 0.801. The second-order valence-corrected chi connectivity index (χ2v) is 8.31. The van der Waals surface area contributed by atoms with Gasteiger partial charge < -0.3 is 22.8 Å². The molecule has 0 amide bonds. The Morgan fingerprint density at radius 1 is 1.30 bits per heavy atom. The molecule has 0 N–H and O–H groups in total. The zero-order chi connectivity index (χ0) is 16.5. The molecule has 0 spiro atoms. The Morgan fingerprint density at radius 3 is 2.70 bits per heavy atom. The smallest absolute Gasteiger partial charge is 0.500 e. The first-order valence-electron chi connectivity index (χ1n) is 7.90. The van der Waals surface area contributed by atoms with Crippen LogP contribution in [0.25, 0.3) is 0 Å². The molecule has 2 rings (SSSR count). The van der Waals surface area contributed by atoms with Crippen LogP contribution in [0.5, 0.6) is 5.75 Å². The van der Waals surface area contributed by atoms with Crippen molar-refractivity contribution in [2.45, 2.75) is 25.0 Å². The standard InChI is InChI=1S/C17H26O5Si/c1-4-8-15-9-5-6-10-17(15)22-23(18-2,19-3)12-7-11-20-13-16-14-21-16/h4-6,9-10,16H,1,7-8,11-14H2,2-3H3. The van der Waals surface area contributed by atoms with E-state index in [4.69, 9.17) is 22.8 Å². The van der Waals surface area contributed by atoms with Gasteiger partial charge in [0.15, 0.2) is 0 Å². The van der Waals surface area contributed by atoms with Gasteiger partial charge in [0.2, 0.25) is 0 Å². The summed E-state index contributed by atoms with van der Waals surface area (Å²) in [6.45, 7) is 5.92. The highest BCUT2D eigenvalue weighted by Crippen LogP contribution is 2.26. The zero-order valence-electron chi connectivity index (χ0n) is 14.0. The van der Waals surface area contributed by atoms with Crippen LogP contribution in [-0.2, 0) is 24.7 Å². The molecule has 1 fully saturated rings. The summed E-state index contributed by atoms with van der Waals surface area (Å²) in [6, 6.07) is 8.61. The topological polar surface area (TPSA) is 49.5 Å². The summed E-state index contributed by atoms with van der Waals surface area (Å²) in [6.07, 6.45) is 3.73. The van der Waals surface area contributed by atoms with Gasteiger partial charge in [0.1, 0.15) is 11.9 Å². The first-order valence-corrected chi connectivity index (χ1v) is 9.83. The summed E-state index contributed by atoms with van der Waals surface area (Å²) in [7, 11) is 0.535. The van der Waals surface area contributed by atoms with E-state index in [1.807, 2.05) is 30.3 Å². The Kier molecular flexibility index (Phi) is 7.26. The Labute approximate surface area is 139 Å². The highest BCUT2D eigenvalue weighted by molar-refractivity contribution is 6.61. The molecule has 1 aliphatic rings. The van der Waals surface area contributed by atoms with Gasteiger partial charge in [-0.1, -0.05) is 24.3 Å². The van der Waals surface area contributed by atoms with Gasteiger partial charge in [-0.15, -0.1) is 6.58 Å². The first kappa shape index (κ1) is 18.2. The predicted octanol–water partition coefficient (Wildman–Crippen LogP) is 2.83. The molecule has 1 atom stereocenters. The van der Waals surface area contributed by atoms with Gasteiger partial charge in [0, 0.05) is 26.9 Å². The minimum atomic E-state index is -2.75. The summed E-state index contributed by atoms with van der Waals surface area (Å²) in [4.78, 5) is 0. The van der Waals surface area contributed by atoms with Gasteiger partial charge in [-0.3, -0.25) is 0 Å². The SMILES string of the molecule is C=CCc1ccccc1O[Si](CCCOCC1CO1)(OC)OC. The third-order valence-corrected chi connectivity index (χ3v) is 6.44. The van der Waals surface area contributed by atoms with Gasteiger partial charge in [-0.2, -0.15) is 0 Å². The molecule has 1 aromatic rings. The average Bonchev–Trinajstić information content (AvgIpc) is 3.40. The molecule has 128 valence electrons. The first-order chi connectivity index (χ1) is 11.2. The number of epoxide rings is 1. The Balaban J connectivity index is 1.91. The maximum absolute atomic E-state index is 6.19. The van der Waals surface area contributed by atoms with Gasteiger partial charge >= 0.3 is 8.80 Å². The average molecular weight is 338 g/mol. The molecule has 6 heteroatoms. The minimum absolute atomic E-state index is 0.295. The van der Waals surface area contributed by atoms with Crippen LogP contribution in [0.15, 0.2) is 36.9 Å². The quantitative estimate of drug-likeness (QED) is 0.254. The largest absolute Gasteiger partial charge is 0.565 e. The van der Waals surface area contributed by atoms with E-state index in [2.05, 4.69) is 6.58 Å². The molecule has 0 aromatic heterocycles. The number of rotatable bonds is 12. The highest BCUT2D eigenvalue weighted by atomic mass is 28.4. The van der Waals surface area contributed by atoms with Crippen molar-refractivity contribution >= 4 is 8.80 Å². The van der Waals surface area contributed by atoms with Crippen LogP contribution in [0.3, 0.4) is 0 Å². The Hall–Kier alpha value is -1.18. The van der Waals surface area contributed by atoms with Crippen molar-refractivity contribution in [2.24, 2.45) is 0 Å². The molecule has 0 bridgehead atoms. The number of benzene rings is 1. The summed E-state index contributed by atoms with van der Waals surface area (Å²) < 4.78 is 28.2. The molecular weight excluding hydrogens is 312 g/mol. The lowest BCUT2D eigenvalue weighted by atomic mass is 10.1. The van der Waals surface area contributed by atoms with E-state index < -0.39 is 8.80 Å². The molecule has 1 unspecified atom stereocenters. The number of allylic oxidation sites excluding steroid dienone is 1. The number of para-hydroxylation sites is 1. The van der Waals surface area contributed by atoms with Gasteiger partial charge in [-0.05, 0) is 24.5 Å². The zero-order valence-corrected chi connectivity index (χ0v) is 15.0. The molecule has 1 heterocycles. The van der Waals surface area contributed by atoms with E-state index in [0.29, 0.717) is 25.4 Å². The summed E-state index contributed by atoms with van der Waals surface area (Å²) in [5.41, 5.74) is 1.08. The van der Waals surface area contributed by atoms with Crippen LogP contribution in [0.2, 0.25) is 6.04 Å². The van der Waals surface area contributed by atoms with E-state index in [1.165, 1.54) is 0 Å². The molecule has 0 saturated carbocycles. The highest BCUT2D eigenvalue weighted by Gasteiger charge is 2.41. The number of hydrogen-bond acceptors (Lipinski definition) is 5. The van der Waals surface area contributed by atoms with Gasteiger partial charge in [0.05, 0.1) is 13.2 Å². The van der Waals surface area contributed by atoms with Crippen molar-refractivity contribution in [3.8, 4) is 5.75 Å². The second kappa shape index (κ2) is 9.20. The van der Waals surface area contributed by atoms with Crippen molar-refractivity contribution < 1.29 is 22.8 Å². The van der Waals surface area contributed by atoms with Crippen molar-refractivity contribution in [1.29, 1.82) is 0 Å². The molecule has 0 radical (unpaired) electrons. The lowest BCUT2D eigenvalue weighted by molar-refractivity contribution is 0.109. The molecule has 23 heavy (non-hydrogen) atoms. The molecule has 1 aromatic carbocycles. The van der Waals surface area contributed by atoms with Gasteiger partial charge in [0.25, 0.3) is 0 Å². The fraction of sp³-hybridized carbons (Fsp3) is 0.529. The summed E-state index contributed by atoms with van der Waals surface area (Å²) >= 11 is 0. The number of hydrogen-bond donors (Lipinski definition) is 0. The lowest BCUT2D eigenvalue weighted by Gasteiger charge is -2.28. The number of ether oxygens (including phenoxy) is 2. The fourth-order valence-electron chi connectivity index (χ4n) is 2.29. The van der Waals surface area contributed by atoms with Crippen molar-refractivity contribution in [2.75, 3.05) is 34.0 Å². The Morgan fingerprint density at radius 2 is 2.04 bits per heavy atom. The lowest BCUT2D eigenvalue weighted by Crippen LogP contribution is -2.47. The van der Waals surface area contributed by atoms with Crippen LogP contribution in [-0.4, -0.2) is 48.9 Å². The monoisotopic (exact) mass is 338 g/mol. The van der Waals surface area contributed by atoms with Crippen molar-refractivity contribution in [3.05, 3.63) is 42.5 Å². The third-order valence-electron chi connectivity index (χ3n) is 3.70. The van der Waals surface area contributed by atoms with Crippen molar-refractivity contribution in [1.82, 2.24) is 0 Å². The maximum Gasteiger partial charge on any atom is 0.565 e. The molecule has 0 aliphatic carbocycles. The van der Waals surface area contributed by atoms with Crippen molar-refractivity contribution in [3.63, 3.8) is 0 Å². The Bertz CT molecular complexity index is 486. The van der Waals surface area contributed by atoms with E-state index >= 15 is 0 Å². The van der Waals surface area contributed by atoms with Crippen LogP contribution >= 0.6 is 0 Å². The van der Waals surface area contributed by atoms with Crippen LogP contribution in [0.1, 0.15) is 12.0 Å². The molecule has 5 nitrogen and oxygen atoms in total. The predicted molar refractivity (Wildman–Crippen MR) is 90.7 cm³/mol. The van der Waals surface area contributed by atoms with E-state index in [-0.39, 0.29) is 0 Å². The maximum atomic E-state index is 6.19. The van der Waals surface area contributed by atoms with E-state index in [9.17, 15) is 0 Å². The van der Waals surface area contributed by atoms with E-state index in [1.54, 1.807) is 14.2 Å². The molecular formula is C17H26O5Si. The van der Waals surface area contributed by atoms with Crippen LogP contribution < -0.4 is 4.43 Å². The fourth-order valence-corrected chi connectivity index (χ4v) is 4.24. The van der Waals surface area contributed by atoms with Crippen LogP contribution in [0, 0.1) is 0 Å². The van der Waals surface area contributed by atoms with E-state index in [0.717, 1.165) is 30.8 Å². The second-order valence-electron chi connectivity index (χ2n) is 5.43. The molecule has 1 saturated heterocycles.